The number of methoxy groups -OCH3 is 1. The molecular weight excluding hydrogens is 439 g/mol. The van der Waals surface area contributed by atoms with Crippen molar-refractivity contribution in [1.82, 2.24) is 5.32 Å². The Bertz CT molecular complexity index is 993. The smallest absolute Gasteiger partial charge is 0.416 e. The Labute approximate surface area is 189 Å². The van der Waals surface area contributed by atoms with E-state index in [-0.39, 0.29) is 30.4 Å². The number of nitroso groups, excluding NO2 is 1. The molecule has 7 nitrogen and oxygen atoms in total. The lowest BCUT2D eigenvalue weighted by Crippen LogP contribution is -2.58. The maximum atomic E-state index is 13.0. The van der Waals surface area contributed by atoms with Gasteiger partial charge in [0.1, 0.15) is 11.4 Å². The van der Waals surface area contributed by atoms with Crippen molar-refractivity contribution in [2.45, 2.75) is 38.1 Å². The first-order chi connectivity index (χ1) is 15.5. The van der Waals surface area contributed by atoms with Crippen LogP contribution in [0.4, 0.5) is 24.5 Å². The summed E-state index contributed by atoms with van der Waals surface area (Å²) in [6.45, 7) is 4.41. The fourth-order valence-corrected chi connectivity index (χ4v) is 3.81. The van der Waals surface area contributed by atoms with Gasteiger partial charge in [-0.3, -0.25) is 4.79 Å². The minimum absolute atomic E-state index is 0.102. The number of nitrogens with one attached hydrogen (secondary N) is 2. The number of hydrogen-bond acceptors (Lipinski definition) is 5. The summed E-state index contributed by atoms with van der Waals surface area (Å²) in [5.41, 5.74) is -0.397. The van der Waals surface area contributed by atoms with Crippen molar-refractivity contribution >= 4 is 17.3 Å². The average molecular weight is 466 g/mol. The van der Waals surface area contributed by atoms with Crippen LogP contribution in [-0.4, -0.2) is 44.4 Å². The Morgan fingerprint density at radius 1 is 1.21 bits per heavy atom. The number of carbonyl (C=O) groups is 1. The second kappa shape index (κ2) is 9.78. The van der Waals surface area contributed by atoms with E-state index in [1.54, 1.807) is 17.2 Å². The van der Waals surface area contributed by atoms with Crippen LogP contribution >= 0.6 is 0 Å². The first-order valence-corrected chi connectivity index (χ1v) is 10.4. The Balaban J connectivity index is 1.68. The molecule has 1 atom stereocenters. The number of benzene rings is 2. The first kappa shape index (κ1) is 24.5. The molecule has 2 N–H and O–H groups in total. The number of alkyl halides is 3. The Morgan fingerprint density at radius 3 is 2.52 bits per heavy atom. The Kier molecular flexibility index (Phi) is 7.26. The quantitative estimate of drug-likeness (QED) is 0.656. The fourth-order valence-electron chi connectivity index (χ4n) is 3.81. The average Bonchev–Trinajstić information content (AvgIpc) is 2.78. The van der Waals surface area contributed by atoms with E-state index in [2.05, 4.69) is 5.32 Å². The lowest BCUT2D eigenvalue weighted by molar-refractivity contribution is -0.378. The van der Waals surface area contributed by atoms with E-state index in [4.69, 9.17) is 9.47 Å². The zero-order valence-corrected chi connectivity index (χ0v) is 18.7. The summed E-state index contributed by atoms with van der Waals surface area (Å²) in [5.74, 6) is 0.410. The predicted octanol–water partition coefficient (Wildman–Crippen LogP) is 2.54. The topological polar surface area (TPSA) is 81.8 Å². The molecule has 0 bridgehead atoms. The van der Waals surface area contributed by atoms with Gasteiger partial charge in [0, 0.05) is 28.2 Å². The van der Waals surface area contributed by atoms with Gasteiger partial charge in [-0.1, -0.05) is 12.1 Å². The highest BCUT2D eigenvalue weighted by molar-refractivity contribution is 5.82. The molecule has 1 aliphatic rings. The maximum absolute atomic E-state index is 13.0. The molecule has 2 aromatic carbocycles. The fraction of sp³-hybridized carbons (Fsp3) is 0.435. The van der Waals surface area contributed by atoms with Gasteiger partial charge in [-0.2, -0.15) is 13.2 Å². The number of ether oxygens (including phenoxy) is 2. The standard InChI is InChI=1S/C23H26F3N3O4/c1-22(2,13-15-4-7-17(32-3)8-5-15)27-21(30)20-14-29(10-11-33-20)19-9-6-16(23(24,25)26)12-18(19)28-31/h4-9,12,20H,10-11,13-14H2,1-3H3,(H,27,30)/p+1. The van der Waals surface area contributed by atoms with Crippen molar-refractivity contribution in [3.8, 4) is 5.75 Å². The molecule has 2 aromatic rings. The highest BCUT2D eigenvalue weighted by Gasteiger charge is 2.35. The summed E-state index contributed by atoms with van der Waals surface area (Å²) in [4.78, 5) is 25.9. The van der Waals surface area contributed by atoms with Gasteiger partial charge in [0.15, 0.2) is 6.10 Å². The molecule has 178 valence electrons. The van der Waals surface area contributed by atoms with Crippen LogP contribution in [0, 0.1) is 4.91 Å². The molecule has 0 aromatic heterocycles. The maximum Gasteiger partial charge on any atom is 0.416 e. The van der Waals surface area contributed by atoms with E-state index < -0.39 is 23.4 Å². The van der Waals surface area contributed by atoms with Gasteiger partial charge in [0.05, 0.1) is 25.8 Å². The van der Waals surface area contributed by atoms with Crippen molar-refractivity contribution in [3.05, 3.63) is 58.5 Å². The Morgan fingerprint density at radius 2 is 1.91 bits per heavy atom. The van der Waals surface area contributed by atoms with Gasteiger partial charge in [-0.25, -0.2) is 0 Å². The molecule has 1 saturated heterocycles. The molecule has 1 heterocycles. The summed E-state index contributed by atoms with van der Waals surface area (Å²) in [6.07, 6.45) is -4.83. The third-order valence-electron chi connectivity index (χ3n) is 5.40. The van der Waals surface area contributed by atoms with Crippen molar-refractivity contribution in [1.29, 1.82) is 0 Å². The number of morpholine rings is 1. The third kappa shape index (κ3) is 6.22. The molecule has 1 amide bonds. The normalized spacial score (nSPS) is 16.9. The van der Waals surface area contributed by atoms with Gasteiger partial charge in [-0.15, -0.1) is 0 Å². The van der Waals surface area contributed by atoms with Crippen molar-refractivity contribution < 1.29 is 32.6 Å². The van der Waals surface area contributed by atoms with Crippen LogP contribution in [0.25, 0.3) is 0 Å². The van der Waals surface area contributed by atoms with E-state index >= 15 is 0 Å². The summed E-state index contributed by atoms with van der Waals surface area (Å²) in [7, 11) is 1.59. The van der Waals surface area contributed by atoms with E-state index in [0.717, 1.165) is 23.4 Å². The van der Waals surface area contributed by atoms with Gasteiger partial charge in [0.25, 0.3) is 11.6 Å². The van der Waals surface area contributed by atoms with E-state index in [9.17, 15) is 22.9 Å². The third-order valence-corrected chi connectivity index (χ3v) is 5.40. The van der Waals surface area contributed by atoms with Crippen LogP contribution in [0.3, 0.4) is 0 Å². The molecule has 0 radical (unpaired) electrons. The lowest BCUT2D eigenvalue weighted by Gasteiger charge is -2.35. The van der Waals surface area contributed by atoms with Crippen molar-refractivity contribution in [2.75, 3.05) is 31.7 Å². The number of amides is 1. The van der Waals surface area contributed by atoms with E-state index in [0.29, 0.717) is 13.0 Å². The Hall–Kier alpha value is -3.14. The van der Waals surface area contributed by atoms with E-state index in [1.807, 2.05) is 38.1 Å². The number of halogens is 3. The highest BCUT2D eigenvalue weighted by Crippen LogP contribution is 2.34. The summed E-state index contributed by atoms with van der Waals surface area (Å²) in [5, 5.41) is 4.57. The number of rotatable bonds is 7. The minimum Gasteiger partial charge on any atom is -0.497 e. The molecule has 1 fully saturated rings. The molecule has 0 saturated carbocycles. The zero-order chi connectivity index (χ0) is 24.2. The lowest BCUT2D eigenvalue weighted by atomic mass is 9.94. The molecule has 0 aliphatic carbocycles. The van der Waals surface area contributed by atoms with Crippen LogP contribution in [0.15, 0.2) is 42.5 Å². The molecule has 1 aliphatic heterocycles. The van der Waals surface area contributed by atoms with Crippen LogP contribution in [0.1, 0.15) is 25.0 Å². The molecule has 33 heavy (non-hydrogen) atoms. The number of nitrogens with zero attached hydrogens (tertiary/aromatic N) is 1. The van der Waals surface area contributed by atoms with Gasteiger partial charge in [-0.05, 0) is 50.1 Å². The minimum atomic E-state index is -4.56. The predicted molar refractivity (Wildman–Crippen MR) is 116 cm³/mol. The highest BCUT2D eigenvalue weighted by atomic mass is 19.4. The summed E-state index contributed by atoms with van der Waals surface area (Å²) < 4.78 is 49.7. The van der Waals surface area contributed by atoms with Crippen LogP contribution < -0.4 is 20.1 Å². The molecule has 3 rings (SSSR count). The number of anilines is 1. The zero-order valence-electron chi connectivity index (χ0n) is 18.7. The second-order valence-corrected chi connectivity index (χ2v) is 8.54. The molecule has 1 unspecified atom stereocenters. The van der Waals surface area contributed by atoms with Gasteiger partial charge >= 0.3 is 6.18 Å². The molecule has 0 spiro atoms. The largest absolute Gasteiger partial charge is 0.497 e. The summed E-state index contributed by atoms with van der Waals surface area (Å²) in [6, 6.07) is 10.5. The second-order valence-electron chi connectivity index (χ2n) is 8.54. The van der Waals surface area contributed by atoms with E-state index in [1.165, 1.54) is 6.07 Å². The van der Waals surface area contributed by atoms with Gasteiger partial charge in [0.2, 0.25) is 0 Å². The van der Waals surface area contributed by atoms with Crippen LogP contribution in [0.5, 0.6) is 5.75 Å². The van der Waals surface area contributed by atoms with Crippen molar-refractivity contribution in [2.24, 2.45) is 0 Å². The van der Waals surface area contributed by atoms with Crippen LogP contribution in [0.2, 0.25) is 0 Å². The summed E-state index contributed by atoms with van der Waals surface area (Å²) >= 11 is 0. The monoisotopic (exact) mass is 466 g/mol. The van der Waals surface area contributed by atoms with Gasteiger partial charge < -0.3 is 19.7 Å². The first-order valence-electron chi connectivity index (χ1n) is 10.4. The van der Waals surface area contributed by atoms with Crippen LogP contribution in [-0.2, 0) is 22.1 Å². The SMILES string of the molecule is COc1ccc(CC(C)(C)NC(=O)C2CN(c3ccc(C(F)(F)F)cc3[NH+]=O)CCO2)cc1. The number of hydrogen-bond donors (Lipinski definition) is 2. The molecular formula is C23H27F3N3O4+. The van der Waals surface area contributed by atoms with Crippen molar-refractivity contribution in [3.63, 3.8) is 0 Å². The molecule has 10 heteroatoms. The number of carbonyl (C=O) groups excluding carboxylic acids is 1.